The highest BCUT2D eigenvalue weighted by Gasteiger charge is 2.48. The molecule has 0 saturated carbocycles. The van der Waals surface area contributed by atoms with Crippen molar-refractivity contribution in [3.8, 4) is 0 Å². The number of nitrogens with one attached hydrogen (secondary N) is 3. The SMILES string of the molecule is COC1=CCC(C)([C@H](NC(=O)[C@H](CCC(N)=O)NC(=O)C(F)(F)c2cccc(Cl)c2)C(=O)N[C@H](C(=O)C(F)(F)F)C(C)C)C=C1. The topological polar surface area (TPSA) is 157 Å². The van der Waals surface area contributed by atoms with Crippen molar-refractivity contribution >= 4 is 41.0 Å². The maximum absolute atomic E-state index is 15.0. The number of halogens is 6. The number of Topliss-reactive ketones (excluding diaryl/α,β-unsaturated/α-hetero) is 1. The van der Waals surface area contributed by atoms with E-state index in [0.717, 1.165) is 12.1 Å². The number of hydrogen-bond donors (Lipinski definition) is 4. The van der Waals surface area contributed by atoms with Gasteiger partial charge in [-0.15, -0.1) is 0 Å². The van der Waals surface area contributed by atoms with Crippen LogP contribution in [0.3, 0.4) is 0 Å². The summed E-state index contributed by atoms with van der Waals surface area (Å²) < 4.78 is 75.1. The minimum Gasteiger partial charge on any atom is -0.497 e. The van der Waals surface area contributed by atoms with Gasteiger partial charge < -0.3 is 26.4 Å². The quantitative estimate of drug-likeness (QED) is 0.223. The fourth-order valence-electron chi connectivity index (χ4n) is 4.43. The summed E-state index contributed by atoms with van der Waals surface area (Å²) in [6, 6.07) is -1.36. The zero-order chi connectivity index (χ0) is 34.3. The molecule has 0 spiro atoms. The van der Waals surface area contributed by atoms with Crippen LogP contribution in [-0.4, -0.2) is 60.8 Å². The lowest BCUT2D eigenvalue weighted by Crippen LogP contribution is -2.62. The van der Waals surface area contributed by atoms with Crippen molar-refractivity contribution in [1.82, 2.24) is 16.0 Å². The Morgan fingerprint density at radius 1 is 1.04 bits per heavy atom. The van der Waals surface area contributed by atoms with Gasteiger partial charge >= 0.3 is 12.1 Å². The predicted octanol–water partition coefficient (Wildman–Crippen LogP) is 3.44. The van der Waals surface area contributed by atoms with Gasteiger partial charge in [0, 0.05) is 22.4 Å². The zero-order valence-corrected chi connectivity index (χ0v) is 25.5. The van der Waals surface area contributed by atoms with Gasteiger partial charge in [-0.05, 0) is 43.0 Å². The summed E-state index contributed by atoms with van der Waals surface area (Å²) in [7, 11) is 1.37. The number of allylic oxidation sites excluding steroid dienone is 2. The average molecular weight is 665 g/mol. The van der Waals surface area contributed by atoms with Crippen molar-refractivity contribution in [3.63, 3.8) is 0 Å². The summed E-state index contributed by atoms with van der Waals surface area (Å²) >= 11 is 5.77. The number of rotatable bonds is 14. The lowest BCUT2D eigenvalue weighted by Gasteiger charge is -2.37. The first kappa shape index (κ1) is 37.2. The predicted molar refractivity (Wildman–Crippen MR) is 152 cm³/mol. The van der Waals surface area contributed by atoms with E-state index >= 15 is 8.78 Å². The lowest BCUT2D eigenvalue weighted by molar-refractivity contribution is -0.175. The molecule has 0 heterocycles. The fraction of sp³-hybridized carbons (Fsp3) is 0.483. The molecule has 0 saturated heterocycles. The monoisotopic (exact) mass is 664 g/mol. The van der Waals surface area contributed by atoms with E-state index in [4.69, 9.17) is 22.1 Å². The average Bonchev–Trinajstić information content (AvgIpc) is 2.95. The van der Waals surface area contributed by atoms with Gasteiger partial charge in [0.15, 0.2) is 0 Å². The van der Waals surface area contributed by atoms with Crippen LogP contribution >= 0.6 is 11.6 Å². The maximum Gasteiger partial charge on any atom is 0.452 e. The summed E-state index contributed by atoms with van der Waals surface area (Å²) in [5.74, 6) is -12.4. The Balaban J connectivity index is 2.46. The first-order valence-electron chi connectivity index (χ1n) is 13.6. The molecular weight excluding hydrogens is 631 g/mol. The highest BCUT2D eigenvalue weighted by Crippen LogP contribution is 2.34. The third-order valence-corrected chi connectivity index (χ3v) is 7.35. The highest BCUT2D eigenvalue weighted by molar-refractivity contribution is 6.30. The Labute approximate surface area is 260 Å². The molecule has 0 aliphatic heterocycles. The minimum atomic E-state index is -5.29. The molecule has 45 heavy (non-hydrogen) atoms. The minimum absolute atomic E-state index is 0.00421. The number of carbonyl (C=O) groups excluding carboxylic acids is 5. The Morgan fingerprint density at radius 3 is 2.18 bits per heavy atom. The third-order valence-electron chi connectivity index (χ3n) is 7.12. The molecule has 4 atom stereocenters. The first-order chi connectivity index (χ1) is 20.7. The van der Waals surface area contributed by atoms with Crippen LogP contribution in [-0.2, 0) is 34.6 Å². The smallest absolute Gasteiger partial charge is 0.452 e. The Bertz CT molecular complexity index is 1370. The van der Waals surface area contributed by atoms with Crippen LogP contribution in [0.25, 0.3) is 0 Å². The molecule has 1 aliphatic carbocycles. The summed E-state index contributed by atoms with van der Waals surface area (Å²) in [4.78, 5) is 63.4. The number of nitrogens with two attached hydrogens (primary N) is 1. The van der Waals surface area contributed by atoms with Gasteiger partial charge in [-0.3, -0.25) is 24.0 Å². The molecule has 4 amide bonds. The van der Waals surface area contributed by atoms with E-state index in [-0.39, 0.29) is 11.4 Å². The van der Waals surface area contributed by atoms with E-state index in [1.807, 2.05) is 5.32 Å². The number of ketones is 1. The van der Waals surface area contributed by atoms with Crippen molar-refractivity contribution < 1.29 is 50.7 Å². The Morgan fingerprint density at radius 2 is 1.69 bits per heavy atom. The van der Waals surface area contributed by atoms with Gasteiger partial charge in [-0.25, -0.2) is 0 Å². The lowest BCUT2D eigenvalue weighted by atomic mass is 9.75. The maximum atomic E-state index is 15.0. The number of hydrogen-bond acceptors (Lipinski definition) is 6. The van der Waals surface area contributed by atoms with Gasteiger partial charge in [-0.1, -0.05) is 50.6 Å². The number of methoxy groups -OCH3 is 1. The molecule has 0 aromatic heterocycles. The molecule has 0 bridgehead atoms. The number of benzene rings is 1. The number of carbonyl (C=O) groups is 5. The summed E-state index contributed by atoms with van der Waals surface area (Å²) in [6.45, 7) is 4.01. The number of amides is 4. The van der Waals surface area contributed by atoms with Crippen LogP contribution < -0.4 is 21.7 Å². The van der Waals surface area contributed by atoms with Gasteiger partial charge in [0.2, 0.25) is 17.7 Å². The molecule has 16 heteroatoms. The standard InChI is InChI=1S/C29H34ClF5N4O6/c1-15(2)21(23(41)29(33,34)35)38-25(43)22(27(3)12-10-18(45-4)11-13-27)39-24(42)19(8-9-20(36)40)37-26(44)28(31,32)16-6-5-7-17(30)14-16/h5-7,10-12,14-15,19,21-22H,8-9,13H2,1-4H3,(H2,36,40)(H,37,44)(H,38,43)(H,39,42)/t19-,21-,22+,27?/m0/s1. The van der Waals surface area contributed by atoms with Crippen molar-refractivity contribution in [2.45, 2.75) is 70.3 Å². The highest BCUT2D eigenvalue weighted by atomic mass is 35.5. The molecule has 248 valence electrons. The zero-order valence-electron chi connectivity index (χ0n) is 24.8. The Hall–Kier alpha value is -4.01. The molecule has 0 radical (unpaired) electrons. The fourth-order valence-corrected chi connectivity index (χ4v) is 4.62. The Kier molecular flexibility index (Phi) is 12.3. The summed E-state index contributed by atoms with van der Waals surface area (Å²) in [5.41, 5.74) is 3.01. The van der Waals surface area contributed by atoms with Crippen molar-refractivity contribution in [1.29, 1.82) is 0 Å². The molecule has 2 rings (SSSR count). The van der Waals surface area contributed by atoms with Crippen LogP contribution in [0.4, 0.5) is 22.0 Å². The number of alkyl halides is 5. The normalized spacial score (nSPS) is 18.7. The second kappa shape index (κ2) is 14.8. The van der Waals surface area contributed by atoms with Crippen molar-refractivity contribution in [2.24, 2.45) is 17.1 Å². The van der Waals surface area contributed by atoms with E-state index in [1.54, 1.807) is 0 Å². The van der Waals surface area contributed by atoms with Gasteiger partial charge in [-0.2, -0.15) is 22.0 Å². The van der Waals surface area contributed by atoms with E-state index in [1.165, 1.54) is 58.2 Å². The van der Waals surface area contributed by atoms with Gasteiger partial charge in [0.1, 0.15) is 17.8 Å². The number of primary amides is 1. The molecule has 0 fully saturated rings. The summed E-state index contributed by atoms with van der Waals surface area (Å²) in [5, 5.41) is 6.14. The second-order valence-electron chi connectivity index (χ2n) is 11.0. The van der Waals surface area contributed by atoms with E-state index in [2.05, 4.69) is 10.6 Å². The van der Waals surface area contributed by atoms with Crippen LogP contribution in [0.2, 0.25) is 5.02 Å². The van der Waals surface area contributed by atoms with Gasteiger partial charge in [0.25, 0.3) is 11.7 Å². The third kappa shape index (κ3) is 9.74. The van der Waals surface area contributed by atoms with Crippen LogP contribution in [0, 0.1) is 11.3 Å². The molecule has 1 aromatic carbocycles. The van der Waals surface area contributed by atoms with Crippen LogP contribution in [0.15, 0.2) is 48.3 Å². The molecule has 1 unspecified atom stereocenters. The second-order valence-corrected chi connectivity index (χ2v) is 11.4. The molecule has 1 aromatic rings. The largest absolute Gasteiger partial charge is 0.497 e. The van der Waals surface area contributed by atoms with Crippen molar-refractivity contribution in [2.75, 3.05) is 7.11 Å². The van der Waals surface area contributed by atoms with E-state index < -0.39 is 89.4 Å². The molecular formula is C29H34ClF5N4O6. The van der Waals surface area contributed by atoms with E-state index in [0.29, 0.717) is 5.76 Å². The van der Waals surface area contributed by atoms with Crippen LogP contribution in [0.1, 0.15) is 45.6 Å². The first-order valence-corrected chi connectivity index (χ1v) is 14.0. The van der Waals surface area contributed by atoms with E-state index in [9.17, 15) is 37.1 Å². The summed E-state index contributed by atoms with van der Waals surface area (Å²) in [6.07, 6.45) is -2.00. The van der Waals surface area contributed by atoms with Crippen LogP contribution in [0.5, 0.6) is 0 Å². The van der Waals surface area contributed by atoms with Gasteiger partial charge in [0.05, 0.1) is 13.2 Å². The van der Waals surface area contributed by atoms with Crippen molar-refractivity contribution in [3.05, 3.63) is 58.8 Å². The molecule has 10 nitrogen and oxygen atoms in total. The molecule has 5 N–H and O–H groups in total. The molecule has 1 aliphatic rings. The number of ether oxygens (including phenoxy) is 1.